The maximum absolute atomic E-state index is 12.8. The molecule has 2 aromatic rings. The van der Waals surface area contributed by atoms with Crippen LogP contribution >= 0.6 is 0 Å². The third-order valence-corrected chi connectivity index (χ3v) is 6.88. The van der Waals surface area contributed by atoms with Crippen LogP contribution in [0.2, 0.25) is 0 Å². The second-order valence-electron chi connectivity index (χ2n) is 10.1. The van der Waals surface area contributed by atoms with E-state index in [0.29, 0.717) is 12.8 Å². The molecule has 1 aliphatic carbocycles. The van der Waals surface area contributed by atoms with Crippen molar-refractivity contribution in [2.24, 2.45) is 11.8 Å². The minimum Gasteiger partial charge on any atom is -0.480 e. The SMILES string of the molecule is CC[C@H](C)[C@H](NC(=O)CNC(=O)[C@H](CC(C)C)NC(=O)OCC1c2ccccc2-c2ccccc21)C(=O)O. The van der Waals surface area contributed by atoms with E-state index in [-0.39, 0.29) is 24.4 Å². The van der Waals surface area contributed by atoms with Gasteiger partial charge in [-0.1, -0.05) is 82.6 Å². The molecular formula is C29H37N3O6. The fraction of sp³-hybridized carbons (Fsp3) is 0.448. The van der Waals surface area contributed by atoms with Crippen LogP contribution in [0.15, 0.2) is 48.5 Å². The van der Waals surface area contributed by atoms with Crippen LogP contribution in [-0.4, -0.2) is 54.2 Å². The molecule has 1 aliphatic rings. The van der Waals surface area contributed by atoms with Crippen LogP contribution in [-0.2, 0) is 19.1 Å². The third kappa shape index (κ3) is 7.12. The molecule has 3 atom stereocenters. The molecule has 9 heteroatoms. The Labute approximate surface area is 223 Å². The minimum absolute atomic E-state index is 0.0789. The number of carboxylic acids is 1. The van der Waals surface area contributed by atoms with Crippen LogP contribution < -0.4 is 16.0 Å². The Balaban J connectivity index is 1.58. The van der Waals surface area contributed by atoms with Gasteiger partial charge in [0.05, 0.1) is 6.54 Å². The number of fused-ring (bicyclic) bond motifs is 3. The molecule has 0 unspecified atom stereocenters. The molecule has 0 radical (unpaired) electrons. The molecule has 0 heterocycles. The Morgan fingerprint density at radius 1 is 0.921 bits per heavy atom. The molecular weight excluding hydrogens is 486 g/mol. The second-order valence-corrected chi connectivity index (χ2v) is 10.1. The molecule has 3 amide bonds. The number of carboxylic acid groups (broad SMARTS) is 1. The summed E-state index contributed by atoms with van der Waals surface area (Å²) in [5.74, 6) is -2.59. The van der Waals surface area contributed by atoms with Crippen LogP contribution in [0.4, 0.5) is 4.79 Å². The zero-order chi connectivity index (χ0) is 27.8. The number of amides is 3. The molecule has 0 saturated carbocycles. The molecule has 204 valence electrons. The van der Waals surface area contributed by atoms with Gasteiger partial charge in [0.1, 0.15) is 18.7 Å². The number of hydrogen-bond donors (Lipinski definition) is 4. The Morgan fingerprint density at radius 3 is 2.03 bits per heavy atom. The average molecular weight is 524 g/mol. The van der Waals surface area contributed by atoms with E-state index in [0.717, 1.165) is 22.3 Å². The monoisotopic (exact) mass is 523 g/mol. The van der Waals surface area contributed by atoms with Gasteiger partial charge in [-0.25, -0.2) is 9.59 Å². The first kappa shape index (κ1) is 28.7. The normalized spacial score (nSPS) is 14.6. The Kier molecular flexibility index (Phi) is 9.87. The van der Waals surface area contributed by atoms with Gasteiger partial charge in [0.25, 0.3) is 0 Å². The van der Waals surface area contributed by atoms with Crippen molar-refractivity contribution < 1.29 is 29.0 Å². The third-order valence-electron chi connectivity index (χ3n) is 6.88. The number of carbonyl (C=O) groups excluding carboxylic acids is 3. The highest BCUT2D eigenvalue weighted by Crippen LogP contribution is 2.44. The molecule has 0 aromatic heterocycles. The van der Waals surface area contributed by atoms with Crippen molar-refractivity contribution in [3.8, 4) is 11.1 Å². The summed E-state index contributed by atoms with van der Waals surface area (Å²) < 4.78 is 5.57. The summed E-state index contributed by atoms with van der Waals surface area (Å²) in [6.45, 7) is 7.10. The summed E-state index contributed by atoms with van der Waals surface area (Å²) >= 11 is 0. The van der Waals surface area contributed by atoms with Crippen molar-refractivity contribution >= 4 is 23.9 Å². The van der Waals surface area contributed by atoms with Gasteiger partial charge >= 0.3 is 12.1 Å². The number of benzene rings is 2. The highest BCUT2D eigenvalue weighted by molar-refractivity contribution is 5.91. The zero-order valence-electron chi connectivity index (χ0n) is 22.3. The average Bonchev–Trinajstić information content (AvgIpc) is 3.21. The standard InChI is InChI=1S/C29H37N3O6/c1-5-18(4)26(28(35)36)32-25(33)15-30-27(34)24(14-17(2)3)31-29(37)38-16-23-21-12-8-6-10-19(21)20-11-7-9-13-22(20)23/h6-13,17-18,23-24,26H,5,14-16H2,1-4H3,(H,30,34)(H,31,37)(H,32,33)(H,35,36)/t18-,24-,26-/m0/s1. The Hall–Kier alpha value is -3.88. The van der Waals surface area contributed by atoms with Gasteiger partial charge in [-0.3, -0.25) is 9.59 Å². The van der Waals surface area contributed by atoms with Gasteiger partial charge in [0, 0.05) is 5.92 Å². The molecule has 0 spiro atoms. The fourth-order valence-electron chi connectivity index (χ4n) is 4.68. The first-order chi connectivity index (χ1) is 18.1. The predicted octanol–water partition coefficient (Wildman–Crippen LogP) is 3.67. The zero-order valence-corrected chi connectivity index (χ0v) is 22.3. The molecule has 38 heavy (non-hydrogen) atoms. The van der Waals surface area contributed by atoms with Crippen LogP contribution in [0.25, 0.3) is 11.1 Å². The molecule has 0 aliphatic heterocycles. The minimum atomic E-state index is -1.13. The van der Waals surface area contributed by atoms with Gasteiger partial charge in [-0.15, -0.1) is 0 Å². The number of alkyl carbamates (subject to hydrolysis) is 1. The van der Waals surface area contributed by atoms with E-state index in [9.17, 15) is 24.3 Å². The number of ether oxygens (including phenoxy) is 1. The highest BCUT2D eigenvalue weighted by atomic mass is 16.5. The van der Waals surface area contributed by atoms with E-state index in [1.165, 1.54) is 0 Å². The number of nitrogens with one attached hydrogen (secondary N) is 3. The summed E-state index contributed by atoms with van der Waals surface area (Å²) in [6.07, 6.45) is 0.187. The molecule has 0 fully saturated rings. The van der Waals surface area contributed by atoms with E-state index in [1.54, 1.807) is 6.92 Å². The summed E-state index contributed by atoms with van der Waals surface area (Å²) in [6, 6.07) is 14.1. The van der Waals surface area contributed by atoms with Crippen molar-refractivity contribution in [3.63, 3.8) is 0 Å². The topological polar surface area (TPSA) is 134 Å². The maximum atomic E-state index is 12.8. The fourth-order valence-corrected chi connectivity index (χ4v) is 4.68. The van der Waals surface area contributed by atoms with Crippen molar-refractivity contribution in [1.29, 1.82) is 0 Å². The molecule has 2 aromatic carbocycles. The predicted molar refractivity (Wildman–Crippen MR) is 143 cm³/mol. The lowest BCUT2D eigenvalue weighted by atomic mass is 9.98. The van der Waals surface area contributed by atoms with Crippen molar-refractivity contribution in [2.45, 2.75) is 58.5 Å². The van der Waals surface area contributed by atoms with E-state index in [4.69, 9.17) is 4.74 Å². The second kappa shape index (κ2) is 13.1. The van der Waals surface area contributed by atoms with E-state index >= 15 is 0 Å². The van der Waals surface area contributed by atoms with Gasteiger partial charge in [0.15, 0.2) is 0 Å². The van der Waals surface area contributed by atoms with Gasteiger partial charge in [0.2, 0.25) is 11.8 Å². The smallest absolute Gasteiger partial charge is 0.407 e. The number of aliphatic carboxylic acids is 1. The van der Waals surface area contributed by atoms with Crippen LogP contribution in [0, 0.1) is 11.8 Å². The van der Waals surface area contributed by atoms with Gasteiger partial charge in [-0.05, 0) is 40.5 Å². The van der Waals surface area contributed by atoms with Crippen LogP contribution in [0.5, 0.6) is 0 Å². The first-order valence-electron chi connectivity index (χ1n) is 13.0. The van der Waals surface area contributed by atoms with Crippen LogP contribution in [0.3, 0.4) is 0 Å². The molecule has 3 rings (SSSR count). The van der Waals surface area contributed by atoms with Gasteiger partial charge in [-0.2, -0.15) is 0 Å². The van der Waals surface area contributed by atoms with Crippen molar-refractivity contribution in [2.75, 3.05) is 13.2 Å². The Morgan fingerprint density at radius 2 is 1.50 bits per heavy atom. The summed E-state index contributed by atoms with van der Waals surface area (Å²) in [7, 11) is 0. The quantitative estimate of drug-likeness (QED) is 0.335. The maximum Gasteiger partial charge on any atom is 0.407 e. The van der Waals surface area contributed by atoms with Crippen molar-refractivity contribution in [3.05, 3.63) is 59.7 Å². The van der Waals surface area contributed by atoms with E-state index in [1.807, 2.05) is 57.2 Å². The number of carbonyl (C=O) groups is 4. The van der Waals surface area contributed by atoms with Gasteiger partial charge < -0.3 is 25.8 Å². The number of hydrogen-bond acceptors (Lipinski definition) is 5. The molecule has 4 N–H and O–H groups in total. The summed E-state index contributed by atoms with van der Waals surface area (Å²) in [5.41, 5.74) is 4.40. The van der Waals surface area contributed by atoms with Crippen molar-refractivity contribution in [1.82, 2.24) is 16.0 Å². The van der Waals surface area contributed by atoms with E-state index < -0.39 is 42.5 Å². The number of rotatable bonds is 12. The lowest BCUT2D eigenvalue weighted by Crippen LogP contribution is -2.52. The summed E-state index contributed by atoms with van der Waals surface area (Å²) in [5, 5.41) is 16.9. The lowest BCUT2D eigenvalue weighted by molar-refractivity contribution is -0.143. The van der Waals surface area contributed by atoms with E-state index in [2.05, 4.69) is 28.1 Å². The highest BCUT2D eigenvalue weighted by Gasteiger charge is 2.30. The lowest BCUT2D eigenvalue weighted by Gasteiger charge is -2.22. The molecule has 0 saturated heterocycles. The Bertz CT molecular complexity index is 1120. The largest absolute Gasteiger partial charge is 0.480 e. The molecule has 9 nitrogen and oxygen atoms in total. The molecule has 0 bridgehead atoms. The summed E-state index contributed by atoms with van der Waals surface area (Å²) in [4.78, 5) is 49.3. The van der Waals surface area contributed by atoms with Crippen LogP contribution in [0.1, 0.15) is 57.6 Å². The first-order valence-corrected chi connectivity index (χ1v) is 13.0.